The van der Waals surface area contributed by atoms with Crippen molar-refractivity contribution in [3.63, 3.8) is 0 Å². The summed E-state index contributed by atoms with van der Waals surface area (Å²) in [5.41, 5.74) is 5.94. The first-order chi connectivity index (χ1) is 9.74. The molecule has 0 aromatic carbocycles. The van der Waals surface area contributed by atoms with Gasteiger partial charge in [-0.05, 0) is 38.0 Å². The van der Waals surface area contributed by atoms with Crippen molar-refractivity contribution in [3.8, 4) is 0 Å². The molecule has 2 rings (SSSR count). The largest absolute Gasteiger partial charge is 0.373 e. The molecule has 0 aromatic rings. The molecule has 0 unspecified atom stereocenters. The van der Waals surface area contributed by atoms with E-state index in [1.165, 1.54) is 38.5 Å². The molecule has 0 aromatic heterocycles. The maximum atomic E-state index is 6.14. The molecule has 21 heavy (non-hydrogen) atoms. The second-order valence-corrected chi connectivity index (χ2v) is 6.47. The first-order valence-electron chi connectivity index (χ1n) is 8.42. The minimum atomic E-state index is -0.0446. The summed E-state index contributed by atoms with van der Waals surface area (Å²) in [7, 11) is 0. The van der Waals surface area contributed by atoms with Gasteiger partial charge >= 0.3 is 0 Å². The van der Waals surface area contributed by atoms with Gasteiger partial charge in [-0.3, -0.25) is 4.99 Å². The van der Waals surface area contributed by atoms with E-state index in [4.69, 9.17) is 10.5 Å². The maximum Gasteiger partial charge on any atom is 0.188 e. The van der Waals surface area contributed by atoms with Crippen LogP contribution >= 0.6 is 24.0 Å². The average Bonchev–Trinajstić information content (AvgIpc) is 2.43. The standard InChI is InChI=1S/C16H31N3O.HI/c1-2-11-20-16(9-4-3-5-10-16)13-19-15(17)18-12-14-7-6-8-14;/h14H,2-13H2,1H3,(H3,17,18,19);1H. The van der Waals surface area contributed by atoms with Gasteiger partial charge in [0.05, 0.1) is 12.1 Å². The molecule has 0 amide bonds. The zero-order chi connectivity index (χ0) is 14.3. The third kappa shape index (κ3) is 6.30. The monoisotopic (exact) mass is 409 g/mol. The zero-order valence-electron chi connectivity index (χ0n) is 13.4. The third-order valence-corrected chi connectivity index (χ3v) is 4.71. The van der Waals surface area contributed by atoms with Gasteiger partial charge in [0.1, 0.15) is 0 Å². The number of hydrogen-bond donors (Lipinski definition) is 2. The van der Waals surface area contributed by atoms with Gasteiger partial charge in [-0.2, -0.15) is 0 Å². The molecule has 0 atom stereocenters. The predicted octanol–water partition coefficient (Wildman–Crippen LogP) is 3.44. The van der Waals surface area contributed by atoms with Crippen LogP contribution in [0.15, 0.2) is 4.99 Å². The Labute approximate surface area is 146 Å². The van der Waals surface area contributed by atoms with E-state index in [0.29, 0.717) is 5.96 Å². The van der Waals surface area contributed by atoms with Crippen LogP contribution in [0.25, 0.3) is 0 Å². The summed E-state index contributed by atoms with van der Waals surface area (Å²) in [6.07, 6.45) is 11.2. The van der Waals surface area contributed by atoms with Gasteiger partial charge in [0.25, 0.3) is 0 Å². The highest BCUT2D eigenvalue weighted by Crippen LogP contribution is 2.32. The van der Waals surface area contributed by atoms with Crippen LogP contribution in [0.3, 0.4) is 0 Å². The summed E-state index contributed by atoms with van der Waals surface area (Å²) in [5, 5.41) is 3.27. The van der Waals surface area contributed by atoms with Gasteiger partial charge in [0.15, 0.2) is 5.96 Å². The quantitative estimate of drug-likeness (QED) is 0.385. The summed E-state index contributed by atoms with van der Waals surface area (Å²) < 4.78 is 6.14. The summed E-state index contributed by atoms with van der Waals surface area (Å²) in [4.78, 5) is 4.56. The van der Waals surface area contributed by atoms with Crippen LogP contribution in [0.1, 0.15) is 64.7 Å². The Morgan fingerprint density at radius 1 is 1.24 bits per heavy atom. The Balaban J connectivity index is 0.00000220. The van der Waals surface area contributed by atoms with Gasteiger partial charge in [-0.15, -0.1) is 24.0 Å². The van der Waals surface area contributed by atoms with Gasteiger partial charge in [0, 0.05) is 13.2 Å². The fraction of sp³-hybridized carbons (Fsp3) is 0.938. The number of rotatable bonds is 7. The van der Waals surface area contributed by atoms with Gasteiger partial charge < -0.3 is 15.8 Å². The van der Waals surface area contributed by atoms with E-state index in [0.717, 1.165) is 44.9 Å². The lowest BCUT2D eigenvalue weighted by molar-refractivity contribution is -0.0624. The highest BCUT2D eigenvalue weighted by molar-refractivity contribution is 14.0. The normalized spacial score (nSPS) is 22.2. The number of nitrogens with zero attached hydrogens (tertiary/aromatic N) is 1. The lowest BCUT2D eigenvalue weighted by atomic mass is 9.84. The first-order valence-corrected chi connectivity index (χ1v) is 8.42. The molecule has 3 N–H and O–H groups in total. The molecule has 0 radical (unpaired) electrons. The van der Waals surface area contributed by atoms with Crippen molar-refractivity contribution < 1.29 is 4.74 Å². The van der Waals surface area contributed by atoms with E-state index in [1.54, 1.807) is 0 Å². The molecule has 2 aliphatic carbocycles. The Kier molecular flexibility index (Phi) is 8.94. The molecular formula is C16H32IN3O. The molecule has 4 nitrogen and oxygen atoms in total. The van der Waals surface area contributed by atoms with E-state index in [1.807, 2.05) is 0 Å². The number of guanidine groups is 1. The molecule has 2 aliphatic rings. The van der Waals surface area contributed by atoms with Gasteiger partial charge in [0.2, 0.25) is 0 Å². The van der Waals surface area contributed by atoms with Crippen molar-refractivity contribution in [1.82, 2.24) is 5.32 Å². The first kappa shape index (κ1) is 19.0. The molecule has 2 fully saturated rings. The van der Waals surface area contributed by atoms with E-state index < -0.39 is 0 Å². The second kappa shape index (κ2) is 9.87. The SMILES string of the molecule is CCCOC1(CN=C(N)NCC2CCC2)CCCCC1.I. The molecule has 0 heterocycles. The molecule has 0 bridgehead atoms. The van der Waals surface area contributed by atoms with Crippen molar-refractivity contribution in [2.45, 2.75) is 70.3 Å². The van der Waals surface area contributed by atoms with Crippen LogP contribution in [-0.2, 0) is 4.74 Å². The highest BCUT2D eigenvalue weighted by Gasteiger charge is 2.32. The molecule has 0 spiro atoms. The Morgan fingerprint density at radius 3 is 2.52 bits per heavy atom. The van der Waals surface area contributed by atoms with Crippen LogP contribution in [0, 0.1) is 5.92 Å². The minimum absolute atomic E-state index is 0. The number of nitrogens with two attached hydrogens (primary N) is 1. The number of ether oxygens (including phenoxy) is 1. The van der Waals surface area contributed by atoms with Crippen molar-refractivity contribution in [3.05, 3.63) is 0 Å². The Morgan fingerprint density at radius 2 is 1.95 bits per heavy atom. The van der Waals surface area contributed by atoms with Crippen LogP contribution in [0.2, 0.25) is 0 Å². The van der Waals surface area contributed by atoms with Crippen LogP contribution in [-0.4, -0.2) is 31.3 Å². The molecule has 124 valence electrons. The van der Waals surface area contributed by atoms with Gasteiger partial charge in [-0.25, -0.2) is 0 Å². The van der Waals surface area contributed by atoms with Gasteiger partial charge in [-0.1, -0.05) is 32.6 Å². The van der Waals surface area contributed by atoms with Crippen LogP contribution in [0.4, 0.5) is 0 Å². The van der Waals surface area contributed by atoms with Crippen molar-refractivity contribution in [1.29, 1.82) is 0 Å². The lowest BCUT2D eigenvalue weighted by Crippen LogP contribution is -2.42. The molecule has 0 saturated heterocycles. The average molecular weight is 409 g/mol. The summed E-state index contributed by atoms with van der Waals surface area (Å²) in [5.74, 6) is 1.41. The number of nitrogens with one attached hydrogen (secondary N) is 1. The topological polar surface area (TPSA) is 59.6 Å². The summed E-state index contributed by atoms with van der Waals surface area (Å²) in [6, 6.07) is 0. The van der Waals surface area contributed by atoms with E-state index in [9.17, 15) is 0 Å². The number of hydrogen-bond acceptors (Lipinski definition) is 2. The summed E-state index contributed by atoms with van der Waals surface area (Å²) >= 11 is 0. The van der Waals surface area contributed by atoms with Crippen molar-refractivity contribution >= 4 is 29.9 Å². The fourth-order valence-corrected chi connectivity index (χ4v) is 3.09. The number of halogens is 1. The minimum Gasteiger partial charge on any atom is -0.373 e. The Hall–Kier alpha value is -0.0400. The second-order valence-electron chi connectivity index (χ2n) is 6.47. The molecule has 5 heteroatoms. The fourth-order valence-electron chi connectivity index (χ4n) is 3.09. The molecule has 2 saturated carbocycles. The van der Waals surface area contributed by atoms with Crippen LogP contribution in [0.5, 0.6) is 0 Å². The van der Waals surface area contributed by atoms with Crippen molar-refractivity contribution in [2.24, 2.45) is 16.6 Å². The zero-order valence-corrected chi connectivity index (χ0v) is 15.7. The van der Waals surface area contributed by atoms with E-state index >= 15 is 0 Å². The maximum absolute atomic E-state index is 6.14. The molecule has 0 aliphatic heterocycles. The summed E-state index contributed by atoms with van der Waals surface area (Å²) in [6.45, 7) is 4.70. The van der Waals surface area contributed by atoms with Crippen LogP contribution < -0.4 is 11.1 Å². The van der Waals surface area contributed by atoms with E-state index in [-0.39, 0.29) is 29.6 Å². The van der Waals surface area contributed by atoms with E-state index in [2.05, 4.69) is 17.2 Å². The number of aliphatic imine (C=N–C) groups is 1. The smallest absolute Gasteiger partial charge is 0.188 e. The lowest BCUT2D eigenvalue weighted by Gasteiger charge is -2.36. The molecular weight excluding hydrogens is 377 g/mol. The predicted molar refractivity (Wildman–Crippen MR) is 99.3 cm³/mol. The highest BCUT2D eigenvalue weighted by atomic mass is 127. The Bertz CT molecular complexity index is 313. The third-order valence-electron chi connectivity index (χ3n) is 4.71. The van der Waals surface area contributed by atoms with Crippen molar-refractivity contribution in [2.75, 3.05) is 19.7 Å².